The van der Waals surface area contributed by atoms with Crippen LogP contribution < -0.4 is 5.32 Å². The molecule has 92 valence electrons. The van der Waals surface area contributed by atoms with Crippen LogP contribution in [0.5, 0.6) is 0 Å². The van der Waals surface area contributed by atoms with Crippen LogP contribution in [-0.4, -0.2) is 41.0 Å². The van der Waals surface area contributed by atoms with Crippen LogP contribution in [0.2, 0.25) is 0 Å². The van der Waals surface area contributed by atoms with Crippen LogP contribution in [0.25, 0.3) is 0 Å². The summed E-state index contributed by atoms with van der Waals surface area (Å²) in [6, 6.07) is 0.180. The number of imidazole rings is 1. The Balaban J connectivity index is 1.86. The van der Waals surface area contributed by atoms with Crippen molar-refractivity contribution in [1.29, 1.82) is 0 Å². The average Bonchev–Trinajstić information content (AvgIpc) is 2.77. The third kappa shape index (κ3) is 3.13. The van der Waals surface area contributed by atoms with Crippen molar-refractivity contribution in [2.24, 2.45) is 0 Å². The molecule has 17 heavy (non-hydrogen) atoms. The second kappa shape index (κ2) is 5.58. The number of aldehydes is 1. The molecule has 0 atom stereocenters. The Labute approximate surface area is 99.0 Å². The first-order valence-corrected chi connectivity index (χ1v) is 5.63. The van der Waals surface area contributed by atoms with Gasteiger partial charge in [0.15, 0.2) is 12.1 Å². The summed E-state index contributed by atoms with van der Waals surface area (Å²) in [6.45, 7) is 1.51. The Hall–Kier alpha value is -1.69. The predicted molar refractivity (Wildman–Crippen MR) is 59.6 cm³/mol. The van der Waals surface area contributed by atoms with Gasteiger partial charge in [-0.15, -0.1) is 0 Å². The van der Waals surface area contributed by atoms with Crippen LogP contribution >= 0.6 is 0 Å². The standard InChI is InChI=1S/C11H15N3O3/c15-8-10-12-3-4-14(10)7-11(16)13-9-1-5-17-6-2-9/h3-4,8-9H,1-2,5-7H2,(H,13,16). The van der Waals surface area contributed by atoms with E-state index in [9.17, 15) is 9.59 Å². The molecule has 0 unspecified atom stereocenters. The van der Waals surface area contributed by atoms with E-state index in [-0.39, 0.29) is 24.3 Å². The zero-order valence-corrected chi connectivity index (χ0v) is 9.46. The Morgan fingerprint density at radius 1 is 1.59 bits per heavy atom. The molecule has 1 aliphatic heterocycles. The molecule has 1 aliphatic rings. The number of carbonyl (C=O) groups excluding carboxylic acids is 2. The second-order valence-electron chi connectivity index (χ2n) is 3.99. The quantitative estimate of drug-likeness (QED) is 0.747. The minimum absolute atomic E-state index is 0.0991. The van der Waals surface area contributed by atoms with Crippen molar-refractivity contribution >= 4 is 12.2 Å². The molecule has 1 amide bonds. The molecule has 0 spiro atoms. The molecular weight excluding hydrogens is 222 g/mol. The molecule has 0 aliphatic carbocycles. The van der Waals surface area contributed by atoms with E-state index in [1.54, 1.807) is 6.20 Å². The van der Waals surface area contributed by atoms with E-state index in [4.69, 9.17) is 4.74 Å². The van der Waals surface area contributed by atoms with Gasteiger partial charge in [0.1, 0.15) is 6.54 Å². The van der Waals surface area contributed by atoms with Gasteiger partial charge in [-0.2, -0.15) is 0 Å². The van der Waals surface area contributed by atoms with Crippen LogP contribution in [0, 0.1) is 0 Å². The normalized spacial score (nSPS) is 16.7. The molecule has 6 heteroatoms. The molecule has 0 saturated carbocycles. The molecule has 0 radical (unpaired) electrons. The summed E-state index contributed by atoms with van der Waals surface area (Å²) in [5, 5.41) is 2.92. The van der Waals surface area contributed by atoms with Crippen molar-refractivity contribution in [2.75, 3.05) is 13.2 Å². The van der Waals surface area contributed by atoms with Gasteiger partial charge in [-0.25, -0.2) is 4.98 Å². The fraction of sp³-hybridized carbons (Fsp3) is 0.545. The van der Waals surface area contributed by atoms with Crippen LogP contribution in [0.3, 0.4) is 0 Å². The number of carbonyl (C=O) groups is 2. The maximum atomic E-state index is 11.7. The largest absolute Gasteiger partial charge is 0.381 e. The summed E-state index contributed by atoms with van der Waals surface area (Å²) in [5.41, 5.74) is 0. The molecular formula is C11H15N3O3. The fourth-order valence-electron chi connectivity index (χ4n) is 1.84. The van der Waals surface area contributed by atoms with Crippen LogP contribution in [-0.2, 0) is 16.1 Å². The lowest BCUT2D eigenvalue weighted by molar-refractivity contribution is -0.123. The van der Waals surface area contributed by atoms with Crippen molar-refractivity contribution < 1.29 is 14.3 Å². The van der Waals surface area contributed by atoms with E-state index in [0.29, 0.717) is 19.5 Å². The van der Waals surface area contributed by atoms with Gasteiger partial charge in [0, 0.05) is 31.6 Å². The monoisotopic (exact) mass is 237 g/mol. The van der Waals surface area contributed by atoms with Crippen LogP contribution in [0.1, 0.15) is 23.5 Å². The molecule has 1 aromatic rings. The highest BCUT2D eigenvalue weighted by Gasteiger charge is 2.16. The van der Waals surface area contributed by atoms with Crippen molar-refractivity contribution in [3.05, 3.63) is 18.2 Å². The first kappa shape index (κ1) is 11.8. The average molecular weight is 237 g/mol. The lowest BCUT2D eigenvalue weighted by Gasteiger charge is -2.23. The Kier molecular flexibility index (Phi) is 3.87. The highest BCUT2D eigenvalue weighted by Crippen LogP contribution is 2.06. The molecule has 2 heterocycles. The number of ether oxygens (including phenoxy) is 1. The van der Waals surface area contributed by atoms with Gasteiger partial charge < -0.3 is 14.6 Å². The van der Waals surface area contributed by atoms with Gasteiger partial charge in [-0.05, 0) is 12.8 Å². The summed E-state index contributed by atoms with van der Waals surface area (Å²) in [5.74, 6) is 0.171. The second-order valence-corrected chi connectivity index (χ2v) is 3.99. The highest BCUT2D eigenvalue weighted by atomic mass is 16.5. The van der Waals surface area contributed by atoms with Crippen LogP contribution in [0.15, 0.2) is 12.4 Å². The number of rotatable bonds is 4. The number of hydrogen-bond donors (Lipinski definition) is 1. The Bertz CT molecular complexity index is 396. The number of nitrogens with one attached hydrogen (secondary N) is 1. The summed E-state index contributed by atoms with van der Waals surface area (Å²) >= 11 is 0. The van der Waals surface area contributed by atoms with Gasteiger partial charge >= 0.3 is 0 Å². The molecule has 1 saturated heterocycles. The first-order chi connectivity index (χ1) is 8.29. The zero-order valence-electron chi connectivity index (χ0n) is 9.46. The molecule has 0 bridgehead atoms. The van der Waals surface area contributed by atoms with Gasteiger partial charge in [0.25, 0.3) is 0 Å². The topological polar surface area (TPSA) is 73.2 Å². The van der Waals surface area contributed by atoms with Gasteiger partial charge in [-0.3, -0.25) is 9.59 Å². The van der Waals surface area contributed by atoms with E-state index in [1.165, 1.54) is 10.8 Å². The molecule has 1 N–H and O–H groups in total. The van der Waals surface area contributed by atoms with Crippen LogP contribution in [0.4, 0.5) is 0 Å². The predicted octanol–water partition coefficient (Wildman–Crippen LogP) is -0.00920. The first-order valence-electron chi connectivity index (χ1n) is 5.63. The van der Waals surface area contributed by atoms with Crippen molar-refractivity contribution in [3.8, 4) is 0 Å². The third-order valence-electron chi connectivity index (χ3n) is 2.75. The third-order valence-corrected chi connectivity index (χ3v) is 2.75. The lowest BCUT2D eigenvalue weighted by atomic mass is 10.1. The summed E-state index contributed by atoms with van der Waals surface area (Å²) in [6.07, 6.45) is 5.45. The highest BCUT2D eigenvalue weighted by molar-refractivity contribution is 5.77. The van der Waals surface area contributed by atoms with Gasteiger partial charge in [-0.1, -0.05) is 0 Å². The number of hydrogen-bond acceptors (Lipinski definition) is 4. The molecule has 1 aromatic heterocycles. The Morgan fingerprint density at radius 2 is 2.35 bits per heavy atom. The summed E-state index contributed by atoms with van der Waals surface area (Å²) < 4.78 is 6.74. The molecule has 2 rings (SSSR count). The zero-order chi connectivity index (χ0) is 12.1. The van der Waals surface area contributed by atoms with E-state index < -0.39 is 0 Å². The molecule has 1 fully saturated rings. The number of nitrogens with zero attached hydrogens (tertiary/aromatic N) is 2. The smallest absolute Gasteiger partial charge is 0.240 e. The maximum Gasteiger partial charge on any atom is 0.240 e. The SMILES string of the molecule is O=Cc1nccn1CC(=O)NC1CCOCC1. The van der Waals surface area contributed by atoms with E-state index in [0.717, 1.165) is 12.8 Å². The van der Waals surface area contributed by atoms with Gasteiger partial charge in [0.2, 0.25) is 5.91 Å². The molecule has 6 nitrogen and oxygen atoms in total. The lowest BCUT2D eigenvalue weighted by Crippen LogP contribution is -2.40. The minimum atomic E-state index is -0.0991. The summed E-state index contributed by atoms with van der Waals surface area (Å²) in [7, 11) is 0. The molecule has 0 aromatic carbocycles. The van der Waals surface area contributed by atoms with Crippen molar-refractivity contribution in [2.45, 2.75) is 25.4 Å². The number of aromatic nitrogens is 2. The van der Waals surface area contributed by atoms with Crippen molar-refractivity contribution in [3.63, 3.8) is 0 Å². The maximum absolute atomic E-state index is 11.7. The van der Waals surface area contributed by atoms with Crippen molar-refractivity contribution in [1.82, 2.24) is 14.9 Å². The fourth-order valence-corrected chi connectivity index (χ4v) is 1.84. The summed E-state index contributed by atoms with van der Waals surface area (Å²) in [4.78, 5) is 26.2. The van der Waals surface area contributed by atoms with E-state index in [2.05, 4.69) is 10.3 Å². The van der Waals surface area contributed by atoms with E-state index in [1.807, 2.05) is 0 Å². The number of amides is 1. The Morgan fingerprint density at radius 3 is 3.06 bits per heavy atom. The minimum Gasteiger partial charge on any atom is -0.381 e. The van der Waals surface area contributed by atoms with E-state index >= 15 is 0 Å². The van der Waals surface area contributed by atoms with Gasteiger partial charge in [0.05, 0.1) is 0 Å².